The van der Waals surface area contributed by atoms with Gasteiger partial charge in [0.25, 0.3) is 0 Å². The van der Waals surface area contributed by atoms with Crippen LogP contribution >= 0.6 is 0 Å². The quantitative estimate of drug-likeness (QED) is 0.541. The summed E-state index contributed by atoms with van der Waals surface area (Å²) in [4.78, 5) is 10.6. The normalized spacial score (nSPS) is 9.40. The van der Waals surface area contributed by atoms with Crippen LogP contribution < -0.4 is 0 Å². The summed E-state index contributed by atoms with van der Waals surface area (Å²) in [5.41, 5.74) is 0.543. The van der Waals surface area contributed by atoms with Crippen molar-refractivity contribution in [3.63, 3.8) is 0 Å². The molecule has 0 aliphatic heterocycles. The van der Waals surface area contributed by atoms with Gasteiger partial charge in [-0.25, -0.2) is 4.39 Å². The van der Waals surface area contributed by atoms with E-state index in [0.717, 1.165) is 0 Å². The minimum absolute atomic E-state index is 0.0417. The van der Waals surface area contributed by atoms with Gasteiger partial charge in [-0.3, -0.25) is 4.79 Å². The van der Waals surface area contributed by atoms with Gasteiger partial charge in [-0.15, -0.1) is 0 Å². The van der Waals surface area contributed by atoms with E-state index < -0.39 is 0 Å². The lowest BCUT2D eigenvalue weighted by atomic mass is 10.1. The highest BCUT2D eigenvalue weighted by Crippen LogP contribution is 2.02. The van der Waals surface area contributed by atoms with Crippen LogP contribution in [0.1, 0.15) is 17.3 Å². The predicted molar refractivity (Wildman–Crippen MR) is 36.4 cm³/mol. The van der Waals surface area contributed by atoms with Crippen molar-refractivity contribution in [3.05, 3.63) is 35.6 Å². The van der Waals surface area contributed by atoms with Gasteiger partial charge in [-0.05, 0) is 31.2 Å². The molecule has 0 aromatic heterocycles. The van der Waals surface area contributed by atoms with E-state index in [1.165, 1.54) is 31.2 Å². The minimum atomic E-state index is -0.315. The van der Waals surface area contributed by atoms with E-state index in [9.17, 15) is 9.18 Å². The topological polar surface area (TPSA) is 17.1 Å². The maximum Gasteiger partial charge on any atom is 0.159 e. The molecule has 0 amide bonds. The van der Waals surface area contributed by atoms with Gasteiger partial charge in [0, 0.05) is 5.56 Å². The first-order chi connectivity index (χ1) is 4.70. The second kappa shape index (κ2) is 2.60. The summed E-state index contributed by atoms with van der Waals surface area (Å²) < 4.78 is 12.2. The van der Waals surface area contributed by atoms with E-state index in [1.807, 2.05) is 0 Å². The van der Waals surface area contributed by atoms with E-state index in [0.29, 0.717) is 5.56 Å². The molecule has 52 valence electrons. The van der Waals surface area contributed by atoms with E-state index in [1.54, 1.807) is 0 Å². The van der Waals surface area contributed by atoms with Gasteiger partial charge in [-0.1, -0.05) is 0 Å². The summed E-state index contributed by atoms with van der Waals surface area (Å²) in [5, 5.41) is 0. The summed E-state index contributed by atoms with van der Waals surface area (Å²) in [6.07, 6.45) is 0. The molecule has 1 nitrogen and oxygen atoms in total. The van der Waals surface area contributed by atoms with Crippen LogP contribution in [0.25, 0.3) is 0 Å². The fourth-order valence-electron chi connectivity index (χ4n) is 0.685. The Morgan fingerprint density at radius 3 is 2.20 bits per heavy atom. The molecule has 1 aromatic rings. The number of halogens is 1. The third-order valence-corrected chi connectivity index (χ3v) is 1.25. The SMILES string of the molecule is CC(=O)c1ccc([18F])cc1. The predicted octanol–water partition coefficient (Wildman–Crippen LogP) is 2.03. The van der Waals surface area contributed by atoms with Gasteiger partial charge >= 0.3 is 0 Å². The number of Topliss-reactive ketones (excluding diaryl/α,β-unsaturated/α-hetero) is 1. The summed E-state index contributed by atoms with van der Waals surface area (Å²) in [6.45, 7) is 1.45. The van der Waals surface area contributed by atoms with Crippen LogP contribution in [0.15, 0.2) is 24.3 Å². The summed E-state index contributed by atoms with van der Waals surface area (Å²) in [6, 6.07) is 5.49. The van der Waals surface area contributed by atoms with Crippen LogP contribution in [-0.2, 0) is 0 Å². The highest BCUT2D eigenvalue weighted by atomic mass is 18.2. The molecule has 10 heavy (non-hydrogen) atoms. The molecule has 2 heteroatoms. The molecule has 1 rings (SSSR count). The lowest BCUT2D eigenvalue weighted by Gasteiger charge is -1.91. The van der Waals surface area contributed by atoms with Crippen LogP contribution in [-0.4, -0.2) is 5.78 Å². The molecule has 0 unspecified atom stereocenters. The first-order valence-corrected chi connectivity index (χ1v) is 2.96. The number of benzene rings is 1. The second-order valence-electron chi connectivity index (χ2n) is 2.06. The fourth-order valence-corrected chi connectivity index (χ4v) is 0.685. The monoisotopic (exact) mass is 137 g/mol. The Labute approximate surface area is 58.5 Å². The largest absolute Gasteiger partial charge is 0.295 e. The smallest absolute Gasteiger partial charge is 0.159 e. The van der Waals surface area contributed by atoms with Crippen LogP contribution in [0.3, 0.4) is 0 Å². The third kappa shape index (κ3) is 1.41. The lowest BCUT2D eigenvalue weighted by Crippen LogP contribution is -1.90. The molecule has 0 aliphatic carbocycles. The molecule has 0 N–H and O–H groups in total. The number of carbonyl (C=O) groups excluding carboxylic acids is 1. The Bertz CT molecular complexity index is 238. The molecule has 0 aliphatic rings. The minimum Gasteiger partial charge on any atom is -0.295 e. The fraction of sp³-hybridized carbons (Fsp3) is 0.125. The van der Waals surface area contributed by atoms with Crippen LogP contribution in [0.5, 0.6) is 0 Å². The van der Waals surface area contributed by atoms with Gasteiger partial charge in [0.2, 0.25) is 0 Å². The third-order valence-electron chi connectivity index (χ3n) is 1.25. The standard InChI is InChI=1S/C8H7FO/c1-6(10)7-2-4-8(9)5-3-7/h2-5H,1H3/i9-1. The molecule has 0 heterocycles. The molecule has 0 atom stereocenters. The molecular formula is C8H7FO. The molecule has 0 radical (unpaired) electrons. The molecule has 1 aromatic carbocycles. The second-order valence-corrected chi connectivity index (χ2v) is 2.06. The Morgan fingerprint density at radius 2 is 1.80 bits per heavy atom. The van der Waals surface area contributed by atoms with Gasteiger partial charge in [0.05, 0.1) is 0 Å². The summed E-state index contributed by atoms with van der Waals surface area (Å²) in [5.74, 6) is -0.356. The van der Waals surface area contributed by atoms with Crippen molar-refractivity contribution in [3.8, 4) is 0 Å². The first-order valence-electron chi connectivity index (χ1n) is 2.96. The Balaban J connectivity index is 3.00. The van der Waals surface area contributed by atoms with Crippen LogP contribution in [0.4, 0.5) is 4.39 Å². The van der Waals surface area contributed by atoms with Crippen LogP contribution in [0, 0.1) is 5.82 Å². The number of hydrogen-bond donors (Lipinski definition) is 0. The summed E-state index contributed by atoms with van der Waals surface area (Å²) >= 11 is 0. The van der Waals surface area contributed by atoms with E-state index in [2.05, 4.69) is 0 Å². The molecular weight excluding hydrogens is 130 g/mol. The molecule has 0 saturated carbocycles. The highest BCUT2D eigenvalue weighted by Gasteiger charge is 1.96. The molecule has 0 saturated heterocycles. The number of carbonyl (C=O) groups is 1. The van der Waals surface area contributed by atoms with Crippen molar-refractivity contribution in [1.82, 2.24) is 0 Å². The Morgan fingerprint density at radius 1 is 1.30 bits per heavy atom. The molecule has 0 bridgehead atoms. The van der Waals surface area contributed by atoms with E-state index >= 15 is 0 Å². The maximum absolute atomic E-state index is 12.2. The van der Waals surface area contributed by atoms with Crippen LogP contribution in [0.2, 0.25) is 0 Å². The molecule has 0 spiro atoms. The number of rotatable bonds is 1. The van der Waals surface area contributed by atoms with Crippen molar-refractivity contribution in [2.75, 3.05) is 0 Å². The van der Waals surface area contributed by atoms with Crippen molar-refractivity contribution in [2.45, 2.75) is 6.92 Å². The Kier molecular flexibility index (Phi) is 1.81. The highest BCUT2D eigenvalue weighted by molar-refractivity contribution is 5.93. The maximum atomic E-state index is 12.2. The Hall–Kier alpha value is -1.18. The number of ketones is 1. The summed E-state index contributed by atoms with van der Waals surface area (Å²) in [7, 11) is 0. The zero-order valence-corrected chi connectivity index (χ0v) is 5.60. The first kappa shape index (κ1) is 6.93. The van der Waals surface area contributed by atoms with Crippen molar-refractivity contribution >= 4 is 5.78 Å². The lowest BCUT2D eigenvalue weighted by molar-refractivity contribution is 0.101. The average Bonchev–Trinajstić information content (AvgIpc) is 1.88. The molecule has 0 fully saturated rings. The van der Waals surface area contributed by atoms with Gasteiger partial charge in [-0.2, -0.15) is 0 Å². The average molecular weight is 137 g/mol. The van der Waals surface area contributed by atoms with Gasteiger partial charge < -0.3 is 0 Å². The zero-order valence-electron chi connectivity index (χ0n) is 5.60. The van der Waals surface area contributed by atoms with Gasteiger partial charge in [0.1, 0.15) is 5.82 Å². The van der Waals surface area contributed by atoms with Crippen molar-refractivity contribution < 1.29 is 9.18 Å². The van der Waals surface area contributed by atoms with Crippen molar-refractivity contribution in [2.24, 2.45) is 0 Å². The van der Waals surface area contributed by atoms with E-state index in [-0.39, 0.29) is 11.6 Å². The van der Waals surface area contributed by atoms with Gasteiger partial charge in [0.15, 0.2) is 5.78 Å². The van der Waals surface area contributed by atoms with Crippen molar-refractivity contribution in [1.29, 1.82) is 0 Å². The number of hydrogen-bond acceptors (Lipinski definition) is 1. The van der Waals surface area contributed by atoms with E-state index in [4.69, 9.17) is 0 Å². The zero-order chi connectivity index (χ0) is 7.56.